The summed E-state index contributed by atoms with van der Waals surface area (Å²) in [6, 6.07) is 0.949. The highest BCUT2D eigenvalue weighted by molar-refractivity contribution is 5.00. The first kappa shape index (κ1) is 12.6. The molecule has 0 aromatic heterocycles. The van der Waals surface area contributed by atoms with E-state index in [1.165, 1.54) is 25.7 Å². The molecule has 1 nitrogen and oxygen atoms in total. The molecule has 0 radical (unpaired) electrons. The van der Waals surface area contributed by atoms with Crippen molar-refractivity contribution in [3.63, 3.8) is 0 Å². The first-order valence-corrected chi connectivity index (χ1v) is 6.39. The van der Waals surface area contributed by atoms with Crippen LogP contribution in [0, 0.1) is 24.2 Å². The smallest absolute Gasteiger partial charge is 0.0688 e. The van der Waals surface area contributed by atoms with Gasteiger partial charge in [-0.2, -0.15) is 0 Å². The molecular weight excluding hydrogens is 182 g/mol. The minimum absolute atomic E-state index is 0.292. The van der Waals surface area contributed by atoms with Crippen LogP contribution in [0.3, 0.4) is 0 Å². The monoisotopic (exact) mass is 207 g/mol. The Labute approximate surface area is 95.0 Å². The number of hydrogen-bond donors (Lipinski definition) is 1. The molecule has 1 heteroatoms. The summed E-state index contributed by atoms with van der Waals surface area (Å²) in [4.78, 5) is 0. The Morgan fingerprint density at radius 2 is 2.07 bits per heavy atom. The van der Waals surface area contributed by atoms with Gasteiger partial charge in [0.15, 0.2) is 0 Å². The van der Waals surface area contributed by atoms with Crippen molar-refractivity contribution in [1.29, 1.82) is 0 Å². The summed E-state index contributed by atoms with van der Waals surface area (Å²) in [5.74, 6) is 4.60. The molecule has 1 rings (SSSR count). The summed E-state index contributed by atoms with van der Waals surface area (Å²) in [6.07, 6.45) is 11.7. The van der Waals surface area contributed by atoms with Crippen molar-refractivity contribution in [2.75, 3.05) is 0 Å². The van der Waals surface area contributed by atoms with Crippen LogP contribution in [0.2, 0.25) is 0 Å². The van der Waals surface area contributed by atoms with Crippen LogP contribution in [-0.2, 0) is 0 Å². The maximum Gasteiger partial charge on any atom is 0.0688 e. The molecule has 1 aliphatic carbocycles. The largest absolute Gasteiger partial charge is 0.301 e. The van der Waals surface area contributed by atoms with Crippen molar-refractivity contribution >= 4 is 0 Å². The van der Waals surface area contributed by atoms with Crippen LogP contribution in [0.1, 0.15) is 52.9 Å². The number of hydrogen-bond acceptors (Lipinski definition) is 1. The van der Waals surface area contributed by atoms with Gasteiger partial charge in [0.05, 0.1) is 6.04 Å². The lowest BCUT2D eigenvalue weighted by Gasteiger charge is -2.34. The highest BCUT2D eigenvalue weighted by Crippen LogP contribution is 2.29. The Morgan fingerprint density at radius 1 is 1.33 bits per heavy atom. The topological polar surface area (TPSA) is 12.0 Å². The predicted molar refractivity (Wildman–Crippen MR) is 66.6 cm³/mol. The third-order valence-electron chi connectivity index (χ3n) is 3.81. The van der Waals surface area contributed by atoms with E-state index in [4.69, 9.17) is 6.42 Å². The van der Waals surface area contributed by atoms with E-state index in [1.54, 1.807) is 0 Å². The van der Waals surface area contributed by atoms with E-state index in [0.717, 1.165) is 18.3 Å². The van der Waals surface area contributed by atoms with Crippen LogP contribution in [0.5, 0.6) is 0 Å². The van der Waals surface area contributed by atoms with Gasteiger partial charge >= 0.3 is 0 Å². The lowest BCUT2D eigenvalue weighted by Crippen LogP contribution is -2.41. The summed E-state index contributed by atoms with van der Waals surface area (Å²) in [5, 5.41) is 3.62. The molecule has 0 amide bonds. The number of rotatable bonds is 4. The van der Waals surface area contributed by atoms with Gasteiger partial charge in [0.1, 0.15) is 0 Å². The first-order chi connectivity index (χ1) is 7.17. The molecule has 15 heavy (non-hydrogen) atoms. The summed E-state index contributed by atoms with van der Waals surface area (Å²) >= 11 is 0. The summed E-state index contributed by atoms with van der Waals surface area (Å²) in [5.41, 5.74) is 0. The van der Waals surface area contributed by atoms with E-state index in [-0.39, 0.29) is 0 Å². The highest BCUT2D eigenvalue weighted by atomic mass is 14.9. The molecule has 0 heterocycles. The van der Waals surface area contributed by atoms with E-state index < -0.39 is 0 Å². The molecular formula is C14H25N. The number of nitrogens with one attached hydrogen (secondary N) is 1. The van der Waals surface area contributed by atoms with Gasteiger partial charge in [-0.1, -0.05) is 33.1 Å². The predicted octanol–water partition coefficient (Wildman–Crippen LogP) is 3.20. The van der Waals surface area contributed by atoms with E-state index in [0.29, 0.717) is 12.1 Å². The second-order valence-electron chi connectivity index (χ2n) is 5.14. The highest BCUT2D eigenvalue weighted by Gasteiger charge is 2.25. The summed E-state index contributed by atoms with van der Waals surface area (Å²) in [7, 11) is 0. The minimum atomic E-state index is 0.292. The third-order valence-corrected chi connectivity index (χ3v) is 3.81. The first-order valence-electron chi connectivity index (χ1n) is 6.39. The molecule has 86 valence electrons. The van der Waals surface area contributed by atoms with Crippen molar-refractivity contribution in [2.24, 2.45) is 11.8 Å². The molecule has 0 aliphatic heterocycles. The van der Waals surface area contributed by atoms with Gasteiger partial charge < -0.3 is 5.32 Å². The van der Waals surface area contributed by atoms with Gasteiger partial charge in [-0.15, -0.1) is 6.42 Å². The maximum atomic E-state index is 5.53. The van der Waals surface area contributed by atoms with Crippen molar-refractivity contribution in [2.45, 2.75) is 65.0 Å². The van der Waals surface area contributed by atoms with Crippen LogP contribution in [0.4, 0.5) is 0 Å². The molecule has 1 aliphatic rings. The van der Waals surface area contributed by atoms with E-state index >= 15 is 0 Å². The fourth-order valence-corrected chi connectivity index (χ4v) is 2.49. The number of terminal acetylenes is 1. The summed E-state index contributed by atoms with van der Waals surface area (Å²) in [6.45, 7) is 6.92. The summed E-state index contributed by atoms with van der Waals surface area (Å²) < 4.78 is 0. The van der Waals surface area contributed by atoms with Crippen LogP contribution in [0.15, 0.2) is 0 Å². The Balaban J connectivity index is 2.35. The second kappa shape index (κ2) is 6.18. The fourth-order valence-electron chi connectivity index (χ4n) is 2.49. The Bertz CT molecular complexity index is 216. The lowest BCUT2D eigenvalue weighted by molar-refractivity contribution is 0.220. The second-order valence-corrected chi connectivity index (χ2v) is 5.14. The molecule has 0 bridgehead atoms. The zero-order valence-electron chi connectivity index (χ0n) is 10.4. The zero-order chi connectivity index (χ0) is 11.3. The fraction of sp³-hybridized carbons (Fsp3) is 0.857. The molecule has 1 saturated carbocycles. The van der Waals surface area contributed by atoms with Gasteiger partial charge in [0, 0.05) is 6.04 Å². The lowest BCUT2D eigenvalue weighted by atomic mass is 9.79. The molecule has 1 N–H and O–H groups in total. The zero-order valence-corrected chi connectivity index (χ0v) is 10.4. The van der Waals surface area contributed by atoms with Crippen molar-refractivity contribution in [3.8, 4) is 12.3 Å². The third kappa shape index (κ3) is 3.87. The van der Waals surface area contributed by atoms with Crippen molar-refractivity contribution in [1.82, 2.24) is 5.32 Å². The standard InChI is InChI=1S/C14H25N/c1-5-7-13(6-2)15-14-9-8-11(3)12(4)10-14/h2,11-15H,5,7-10H2,1,3-4H3. The Morgan fingerprint density at radius 3 is 2.60 bits per heavy atom. The normalized spacial score (nSPS) is 33.3. The molecule has 0 spiro atoms. The van der Waals surface area contributed by atoms with E-state index in [9.17, 15) is 0 Å². The molecule has 4 unspecified atom stereocenters. The van der Waals surface area contributed by atoms with E-state index in [2.05, 4.69) is 32.0 Å². The van der Waals surface area contributed by atoms with Crippen molar-refractivity contribution < 1.29 is 0 Å². The van der Waals surface area contributed by atoms with Gasteiger partial charge in [0.2, 0.25) is 0 Å². The SMILES string of the molecule is C#CC(CCC)NC1CCC(C)C(C)C1. The molecule has 0 saturated heterocycles. The quantitative estimate of drug-likeness (QED) is 0.698. The van der Waals surface area contributed by atoms with Crippen molar-refractivity contribution in [3.05, 3.63) is 0 Å². The van der Waals surface area contributed by atoms with Crippen LogP contribution < -0.4 is 5.32 Å². The molecule has 0 aromatic rings. The molecule has 4 atom stereocenters. The average Bonchev–Trinajstić information content (AvgIpc) is 2.23. The maximum absolute atomic E-state index is 5.53. The van der Waals surface area contributed by atoms with Gasteiger partial charge in [-0.3, -0.25) is 0 Å². The van der Waals surface area contributed by atoms with Gasteiger partial charge in [-0.25, -0.2) is 0 Å². The average molecular weight is 207 g/mol. The van der Waals surface area contributed by atoms with Gasteiger partial charge in [-0.05, 0) is 37.5 Å². The van der Waals surface area contributed by atoms with Gasteiger partial charge in [0.25, 0.3) is 0 Å². The van der Waals surface area contributed by atoms with E-state index in [1.807, 2.05) is 0 Å². The Kier molecular flexibility index (Phi) is 5.19. The minimum Gasteiger partial charge on any atom is -0.301 e. The molecule has 1 fully saturated rings. The van der Waals surface area contributed by atoms with Crippen LogP contribution in [0.25, 0.3) is 0 Å². The van der Waals surface area contributed by atoms with Crippen LogP contribution in [-0.4, -0.2) is 12.1 Å². The Hall–Kier alpha value is -0.480. The van der Waals surface area contributed by atoms with Crippen LogP contribution >= 0.6 is 0 Å². The molecule has 0 aromatic carbocycles.